The number of pyridine rings is 1. The molecule has 1 aromatic heterocycles. The number of aromatic nitrogens is 1. The summed E-state index contributed by atoms with van der Waals surface area (Å²) in [7, 11) is -3.92. The molecule has 2 aromatic rings. The fourth-order valence-electron chi connectivity index (χ4n) is 6.45. The molecule has 3 fully saturated rings. The number of nitrogens with one attached hydrogen (secondary N) is 3. The third kappa shape index (κ3) is 6.96. The lowest BCUT2D eigenvalue weighted by Gasteiger charge is -2.31. The smallest absolute Gasteiger partial charge is 0.410 e. The van der Waals surface area contributed by atoms with E-state index in [9.17, 15) is 36.4 Å². The van der Waals surface area contributed by atoms with Crippen molar-refractivity contribution >= 4 is 39.5 Å². The molecule has 1 aromatic carbocycles. The normalized spacial score (nSPS) is 25.0. The van der Waals surface area contributed by atoms with Crippen LogP contribution in [0.5, 0.6) is 0 Å². The zero-order valence-electron chi connectivity index (χ0n) is 27.0. The number of ether oxygens (including phenoxy) is 1. The standard InChI is InChI=1S/C33H38F2N6O7S/c1-4-20-13-33(20,31(44)39-49(46,47)23-9-10-23)38-29(42)26-12-22(48-32(45)40-15-19-6-5-7-25(34)24(19)17-40)16-41(26)30(43)28(18(2)3)37-21-8-11-27(35)36-14-21/h4-8,11,14,18,20,22-23,26,28,37H,1,9-10,12-13,15-17H2,2-3H3,(H,38,42)(H,39,44)/t20-,22?,26+,28+,33-/m1/s1. The highest BCUT2D eigenvalue weighted by Gasteiger charge is 2.62. The molecule has 262 valence electrons. The lowest BCUT2D eigenvalue weighted by molar-refractivity contribution is -0.140. The van der Waals surface area contributed by atoms with Crippen molar-refractivity contribution in [2.24, 2.45) is 11.8 Å². The van der Waals surface area contributed by atoms with E-state index in [1.54, 1.807) is 26.0 Å². The van der Waals surface area contributed by atoms with Crippen molar-refractivity contribution in [1.82, 2.24) is 24.8 Å². The highest BCUT2D eigenvalue weighted by Crippen LogP contribution is 2.45. The average molecular weight is 701 g/mol. The van der Waals surface area contributed by atoms with Gasteiger partial charge in [0.15, 0.2) is 0 Å². The minimum Gasteiger partial charge on any atom is -0.444 e. The first-order valence-corrected chi connectivity index (χ1v) is 17.7. The second-order valence-electron chi connectivity index (χ2n) is 13.4. The second kappa shape index (κ2) is 13.0. The molecule has 2 aliphatic carbocycles. The number of carbonyl (C=O) groups is 4. The molecule has 16 heteroatoms. The molecule has 2 saturated carbocycles. The highest BCUT2D eigenvalue weighted by molar-refractivity contribution is 7.91. The minimum absolute atomic E-state index is 0.00446. The number of rotatable bonds is 11. The van der Waals surface area contributed by atoms with Crippen molar-refractivity contribution in [3.05, 3.63) is 72.1 Å². The van der Waals surface area contributed by atoms with Crippen LogP contribution in [0, 0.1) is 23.6 Å². The Balaban J connectivity index is 1.22. The topological polar surface area (TPSA) is 167 Å². The van der Waals surface area contributed by atoms with Crippen molar-refractivity contribution in [3.8, 4) is 0 Å². The zero-order chi connectivity index (χ0) is 35.2. The Bertz CT molecular complexity index is 1790. The van der Waals surface area contributed by atoms with Gasteiger partial charge in [-0.3, -0.25) is 24.0 Å². The van der Waals surface area contributed by atoms with Crippen LogP contribution in [0.15, 0.2) is 49.2 Å². The van der Waals surface area contributed by atoms with E-state index in [1.165, 1.54) is 34.2 Å². The molecule has 0 spiro atoms. The lowest BCUT2D eigenvalue weighted by atomic mass is 10.0. The number of amides is 4. The number of sulfonamides is 1. The molecule has 3 heterocycles. The molecule has 3 N–H and O–H groups in total. The molecule has 6 rings (SSSR count). The Morgan fingerprint density at radius 2 is 1.88 bits per heavy atom. The number of hydrogen-bond donors (Lipinski definition) is 3. The van der Waals surface area contributed by atoms with E-state index < -0.39 is 80.5 Å². The molecule has 13 nitrogen and oxygen atoms in total. The molecule has 2 aliphatic heterocycles. The lowest BCUT2D eigenvalue weighted by Crippen LogP contribution is -2.58. The SMILES string of the molecule is C=C[C@@H]1C[C@]1(NC(=O)[C@@H]1CC(OC(=O)N2Cc3cccc(F)c3C2)CN1C(=O)[C@@H](Nc1ccc(F)nc1)C(C)C)C(=O)NS(=O)(=O)C1CC1. The summed E-state index contributed by atoms with van der Waals surface area (Å²) in [5, 5.41) is 5.08. The number of likely N-dealkylation sites (tertiary alicyclic amines) is 1. The van der Waals surface area contributed by atoms with E-state index in [2.05, 4.69) is 26.9 Å². The van der Waals surface area contributed by atoms with Crippen LogP contribution < -0.4 is 15.4 Å². The Morgan fingerprint density at radius 1 is 1.12 bits per heavy atom. The van der Waals surface area contributed by atoms with Crippen molar-refractivity contribution in [2.75, 3.05) is 11.9 Å². The van der Waals surface area contributed by atoms with E-state index in [1.807, 2.05) is 0 Å². The van der Waals surface area contributed by atoms with Crippen molar-refractivity contribution in [2.45, 2.75) is 81.6 Å². The fraction of sp³-hybridized carbons (Fsp3) is 0.485. The van der Waals surface area contributed by atoms with Gasteiger partial charge < -0.3 is 20.3 Å². The van der Waals surface area contributed by atoms with Gasteiger partial charge in [-0.05, 0) is 48.9 Å². The largest absolute Gasteiger partial charge is 0.444 e. The van der Waals surface area contributed by atoms with Crippen LogP contribution in [-0.4, -0.2) is 82.5 Å². The van der Waals surface area contributed by atoms with Crippen molar-refractivity contribution in [1.29, 1.82) is 0 Å². The Kier molecular flexibility index (Phi) is 9.11. The first-order chi connectivity index (χ1) is 23.2. The van der Waals surface area contributed by atoms with Gasteiger partial charge in [-0.15, -0.1) is 6.58 Å². The van der Waals surface area contributed by atoms with Gasteiger partial charge in [0.05, 0.1) is 30.2 Å². The maximum absolute atomic E-state index is 14.3. The first kappa shape index (κ1) is 34.3. The van der Waals surface area contributed by atoms with Gasteiger partial charge in [-0.25, -0.2) is 22.6 Å². The number of carbonyl (C=O) groups excluding carboxylic acids is 4. The molecular formula is C33H38F2N6O7S. The summed E-state index contributed by atoms with van der Waals surface area (Å²) < 4.78 is 60.9. The molecular weight excluding hydrogens is 662 g/mol. The summed E-state index contributed by atoms with van der Waals surface area (Å²) in [6.45, 7) is 7.21. The summed E-state index contributed by atoms with van der Waals surface area (Å²) in [6, 6.07) is 4.99. The van der Waals surface area contributed by atoms with Crippen LogP contribution in [0.25, 0.3) is 0 Å². The fourth-order valence-corrected chi connectivity index (χ4v) is 7.82. The Labute approximate surface area is 282 Å². The van der Waals surface area contributed by atoms with Crippen LogP contribution in [-0.2, 0) is 42.2 Å². The van der Waals surface area contributed by atoms with E-state index in [-0.39, 0.29) is 38.4 Å². The van der Waals surface area contributed by atoms with Gasteiger partial charge in [0, 0.05) is 24.4 Å². The third-order valence-corrected chi connectivity index (χ3v) is 11.4. The molecule has 49 heavy (non-hydrogen) atoms. The summed E-state index contributed by atoms with van der Waals surface area (Å²) in [6.07, 6.45) is 1.83. The van der Waals surface area contributed by atoms with Gasteiger partial charge >= 0.3 is 6.09 Å². The van der Waals surface area contributed by atoms with E-state index in [0.29, 0.717) is 29.7 Å². The quantitative estimate of drug-likeness (QED) is 0.236. The summed E-state index contributed by atoms with van der Waals surface area (Å²) >= 11 is 0. The number of benzene rings is 1. The van der Waals surface area contributed by atoms with Gasteiger partial charge in [-0.1, -0.05) is 32.1 Å². The predicted octanol–water partition coefficient (Wildman–Crippen LogP) is 2.59. The molecule has 0 radical (unpaired) electrons. The predicted molar refractivity (Wildman–Crippen MR) is 172 cm³/mol. The average Bonchev–Trinajstić information content (AvgIpc) is 3.94. The monoisotopic (exact) mass is 700 g/mol. The van der Waals surface area contributed by atoms with Crippen LogP contribution >= 0.6 is 0 Å². The number of hydrogen-bond acceptors (Lipinski definition) is 9. The molecule has 1 unspecified atom stereocenters. The van der Waals surface area contributed by atoms with Crippen LogP contribution in [0.2, 0.25) is 0 Å². The van der Waals surface area contributed by atoms with E-state index >= 15 is 0 Å². The van der Waals surface area contributed by atoms with Gasteiger partial charge in [0.25, 0.3) is 5.91 Å². The number of fused-ring (bicyclic) bond motifs is 1. The minimum atomic E-state index is -3.92. The Morgan fingerprint density at radius 3 is 2.49 bits per heavy atom. The van der Waals surface area contributed by atoms with E-state index in [0.717, 1.165) is 6.07 Å². The number of nitrogens with zero attached hydrogens (tertiary/aromatic N) is 3. The second-order valence-corrected chi connectivity index (χ2v) is 15.4. The molecule has 1 saturated heterocycles. The Hall–Kier alpha value is -4.60. The number of anilines is 1. The van der Waals surface area contributed by atoms with E-state index in [4.69, 9.17) is 4.74 Å². The maximum atomic E-state index is 14.3. The van der Waals surface area contributed by atoms with Gasteiger partial charge in [0.1, 0.15) is 29.5 Å². The van der Waals surface area contributed by atoms with Gasteiger partial charge in [0.2, 0.25) is 27.8 Å². The molecule has 4 amide bonds. The highest BCUT2D eigenvalue weighted by atomic mass is 32.2. The van der Waals surface area contributed by atoms with Crippen molar-refractivity contribution < 1.29 is 41.1 Å². The summed E-state index contributed by atoms with van der Waals surface area (Å²) in [4.78, 5) is 61.0. The summed E-state index contributed by atoms with van der Waals surface area (Å²) in [5.41, 5.74) is -0.205. The third-order valence-electron chi connectivity index (χ3n) is 9.53. The first-order valence-electron chi connectivity index (χ1n) is 16.1. The van der Waals surface area contributed by atoms with Crippen molar-refractivity contribution in [3.63, 3.8) is 0 Å². The summed E-state index contributed by atoms with van der Waals surface area (Å²) in [5.74, 6) is -4.19. The van der Waals surface area contributed by atoms with Crippen LogP contribution in [0.4, 0.5) is 19.3 Å². The van der Waals surface area contributed by atoms with Crippen LogP contribution in [0.3, 0.4) is 0 Å². The molecule has 5 atom stereocenters. The molecule has 4 aliphatic rings. The maximum Gasteiger partial charge on any atom is 0.410 e. The number of halogens is 2. The molecule has 0 bridgehead atoms. The zero-order valence-corrected chi connectivity index (χ0v) is 27.8. The van der Waals surface area contributed by atoms with Crippen LogP contribution in [0.1, 0.15) is 50.7 Å². The van der Waals surface area contributed by atoms with Gasteiger partial charge in [-0.2, -0.15) is 4.39 Å².